The third-order valence-corrected chi connectivity index (χ3v) is 2.30. The molecule has 0 aromatic heterocycles. The van der Waals surface area contributed by atoms with Gasteiger partial charge in [0.1, 0.15) is 0 Å². The maximum absolute atomic E-state index is 10.6. The Hall–Kier alpha value is -1.05. The summed E-state index contributed by atoms with van der Waals surface area (Å²) in [4.78, 5) is 10.6. The first-order chi connectivity index (χ1) is 6.09. The van der Waals surface area contributed by atoms with E-state index < -0.39 is 0 Å². The summed E-state index contributed by atoms with van der Waals surface area (Å²) in [5, 5.41) is 0. The van der Waals surface area contributed by atoms with Crippen LogP contribution in [0.15, 0.2) is 23.5 Å². The normalized spacial score (nSPS) is 25.6. The highest BCUT2D eigenvalue weighted by Crippen LogP contribution is 2.27. The van der Waals surface area contributed by atoms with E-state index in [2.05, 4.69) is 19.9 Å². The Morgan fingerprint density at radius 2 is 2.31 bits per heavy atom. The molecule has 1 aliphatic rings. The van der Waals surface area contributed by atoms with Crippen molar-refractivity contribution in [3.63, 3.8) is 0 Å². The lowest BCUT2D eigenvalue weighted by Crippen LogP contribution is -2.05. The molecule has 0 fully saturated rings. The van der Waals surface area contributed by atoms with Crippen LogP contribution in [-0.4, -0.2) is 5.97 Å². The molecule has 1 aliphatic carbocycles. The highest BCUT2D eigenvalue weighted by molar-refractivity contribution is 5.66. The summed E-state index contributed by atoms with van der Waals surface area (Å²) in [6.07, 6.45) is 5.92. The topological polar surface area (TPSA) is 26.3 Å². The van der Waals surface area contributed by atoms with Gasteiger partial charge in [0.05, 0.1) is 6.26 Å². The van der Waals surface area contributed by atoms with Gasteiger partial charge in [0.15, 0.2) is 0 Å². The van der Waals surface area contributed by atoms with Gasteiger partial charge in [-0.3, -0.25) is 4.79 Å². The largest absolute Gasteiger partial charge is 0.435 e. The molecule has 0 spiro atoms. The second-order valence-electron chi connectivity index (χ2n) is 3.60. The van der Waals surface area contributed by atoms with Gasteiger partial charge in [-0.05, 0) is 31.3 Å². The summed E-state index contributed by atoms with van der Waals surface area (Å²) in [5.74, 6) is 0.166. The maximum atomic E-state index is 10.6. The minimum Gasteiger partial charge on any atom is -0.435 e. The fourth-order valence-corrected chi connectivity index (χ4v) is 1.51. The molecule has 0 bridgehead atoms. The molecule has 0 aromatic carbocycles. The van der Waals surface area contributed by atoms with E-state index in [0.717, 1.165) is 12.8 Å². The third-order valence-electron chi connectivity index (χ3n) is 2.30. The van der Waals surface area contributed by atoms with E-state index in [4.69, 9.17) is 4.74 Å². The van der Waals surface area contributed by atoms with Crippen molar-refractivity contribution in [2.75, 3.05) is 0 Å². The molecule has 1 unspecified atom stereocenters. The number of carbonyl (C=O) groups excluding carboxylic acids is 1. The van der Waals surface area contributed by atoms with Gasteiger partial charge in [0.2, 0.25) is 0 Å². The van der Waals surface area contributed by atoms with E-state index in [-0.39, 0.29) is 5.97 Å². The van der Waals surface area contributed by atoms with Crippen molar-refractivity contribution in [2.45, 2.75) is 33.6 Å². The van der Waals surface area contributed by atoms with E-state index in [0.29, 0.717) is 5.92 Å². The van der Waals surface area contributed by atoms with Crippen LogP contribution in [0, 0.1) is 5.92 Å². The minimum absolute atomic E-state index is 0.244. The summed E-state index contributed by atoms with van der Waals surface area (Å²) >= 11 is 0. The number of allylic oxidation sites excluding steroid dienone is 3. The summed E-state index contributed by atoms with van der Waals surface area (Å²) in [6, 6.07) is 0. The second-order valence-corrected chi connectivity index (χ2v) is 3.60. The van der Waals surface area contributed by atoms with Gasteiger partial charge >= 0.3 is 5.97 Å². The lowest BCUT2D eigenvalue weighted by Gasteiger charge is -2.18. The Balaban J connectivity index is 2.62. The zero-order valence-electron chi connectivity index (χ0n) is 8.46. The van der Waals surface area contributed by atoms with E-state index in [1.807, 2.05) is 0 Å². The maximum Gasteiger partial charge on any atom is 0.307 e. The molecule has 2 heteroatoms. The molecule has 0 saturated heterocycles. The van der Waals surface area contributed by atoms with Crippen LogP contribution in [-0.2, 0) is 9.53 Å². The Morgan fingerprint density at radius 1 is 1.62 bits per heavy atom. The van der Waals surface area contributed by atoms with E-state index in [1.54, 1.807) is 6.26 Å². The van der Waals surface area contributed by atoms with Gasteiger partial charge in [0.25, 0.3) is 0 Å². The predicted octanol–water partition coefficient (Wildman–Crippen LogP) is 2.81. The number of ether oxygens (including phenoxy) is 1. The number of hydrogen-bond donors (Lipinski definition) is 0. The molecule has 0 radical (unpaired) electrons. The van der Waals surface area contributed by atoms with Crippen molar-refractivity contribution < 1.29 is 9.53 Å². The molecule has 0 saturated carbocycles. The van der Waals surface area contributed by atoms with Crippen molar-refractivity contribution in [3.05, 3.63) is 23.5 Å². The smallest absolute Gasteiger partial charge is 0.307 e. The van der Waals surface area contributed by atoms with Crippen molar-refractivity contribution in [2.24, 2.45) is 5.92 Å². The fourth-order valence-electron chi connectivity index (χ4n) is 1.51. The van der Waals surface area contributed by atoms with Gasteiger partial charge < -0.3 is 4.74 Å². The second kappa shape index (κ2) is 4.26. The molecule has 0 aliphatic heterocycles. The first kappa shape index (κ1) is 10.0. The van der Waals surface area contributed by atoms with Crippen LogP contribution in [0.4, 0.5) is 0 Å². The van der Waals surface area contributed by atoms with Gasteiger partial charge in [-0.25, -0.2) is 0 Å². The van der Waals surface area contributed by atoms with Crippen LogP contribution in [0.2, 0.25) is 0 Å². The average molecular weight is 180 g/mol. The molecule has 72 valence electrons. The minimum atomic E-state index is -0.244. The molecule has 2 nitrogen and oxygen atoms in total. The van der Waals surface area contributed by atoms with E-state index in [1.165, 1.54) is 18.1 Å². The highest BCUT2D eigenvalue weighted by atomic mass is 16.5. The van der Waals surface area contributed by atoms with Gasteiger partial charge in [-0.1, -0.05) is 18.6 Å². The monoisotopic (exact) mass is 180 g/mol. The average Bonchev–Trinajstić information content (AvgIpc) is 2.02. The molecule has 0 N–H and O–H groups in total. The summed E-state index contributed by atoms with van der Waals surface area (Å²) in [6.45, 7) is 5.68. The molecule has 1 atom stereocenters. The number of carbonyl (C=O) groups is 1. The lowest BCUT2D eigenvalue weighted by molar-refractivity contribution is -0.135. The van der Waals surface area contributed by atoms with Crippen LogP contribution < -0.4 is 0 Å². The molecule has 0 amide bonds. The van der Waals surface area contributed by atoms with Crippen LogP contribution >= 0.6 is 0 Å². The summed E-state index contributed by atoms with van der Waals surface area (Å²) in [5.41, 5.74) is 2.63. The zero-order chi connectivity index (χ0) is 9.84. The Morgan fingerprint density at radius 3 is 2.85 bits per heavy atom. The fraction of sp³-hybridized carbons (Fsp3) is 0.545. The Labute approximate surface area is 79.3 Å². The molecule has 13 heavy (non-hydrogen) atoms. The predicted molar refractivity (Wildman–Crippen MR) is 52.0 cm³/mol. The summed E-state index contributed by atoms with van der Waals surface area (Å²) in [7, 11) is 0. The van der Waals surface area contributed by atoms with E-state index >= 15 is 0 Å². The van der Waals surface area contributed by atoms with E-state index in [9.17, 15) is 4.79 Å². The zero-order valence-corrected chi connectivity index (χ0v) is 8.46. The van der Waals surface area contributed by atoms with Gasteiger partial charge in [0, 0.05) is 6.92 Å². The van der Waals surface area contributed by atoms with Crippen LogP contribution in [0.5, 0.6) is 0 Å². The van der Waals surface area contributed by atoms with Crippen LogP contribution in [0.3, 0.4) is 0 Å². The molecule has 0 aromatic rings. The lowest BCUT2D eigenvalue weighted by atomic mass is 9.88. The first-order valence-electron chi connectivity index (χ1n) is 4.63. The van der Waals surface area contributed by atoms with Crippen molar-refractivity contribution in [3.8, 4) is 0 Å². The van der Waals surface area contributed by atoms with Crippen molar-refractivity contribution in [1.29, 1.82) is 0 Å². The molecule has 1 rings (SSSR count). The number of rotatable bonds is 1. The number of esters is 1. The Kier molecular flexibility index (Phi) is 3.29. The molecular weight excluding hydrogens is 164 g/mol. The van der Waals surface area contributed by atoms with Crippen LogP contribution in [0.1, 0.15) is 33.6 Å². The first-order valence-corrected chi connectivity index (χ1v) is 4.63. The number of hydrogen-bond acceptors (Lipinski definition) is 2. The van der Waals surface area contributed by atoms with Crippen molar-refractivity contribution in [1.82, 2.24) is 0 Å². The SMILES string of the molecule is CC(=O)O/C=C1/CCC(C)=CC1C. The summed E-state index contributed by atoms with van der Waals surface area (Å²) < 4.78 is 4.86. The van der Waals surface area contributed by atoms with Gasteiger partial charge in [-0.15, -0.1) is 0 Å². The van der Waals surface area contributed by atoms with Crippen LogP contribution in [0.25, 0.3) is 0 Å². The standard InChI is InChI=1S/C11H16O2/c1-8-4-5-11(9(2)6-8)7-13-10(3)12/h6-7,9H,4-5H2,1-3H3/b11-7-. The quantitative estimate of drug-likeness (QED) is 0.352. The van der Waals surface area contributed by atoms with Crippen molar-refractivity contribution >= 4 is 5.97 Å². The molecular formula is C11H16O2. The Bertz CT molecular complexity index is 261. The molecule has 0 heterocycles. The van der Waals surface area contributed by atoms with Gasteiger partial charge in [-0.2, -0.15) is 0 Å². The third kappa shape index (κ3) is 3.05. The highest BCUT2D eigenvalue weighted by Gasteiger charge is 2.12.